The number of rotatable bonds is 10. The number of hydrogen-bond donors (Lipinski definition) is 2. The molecule has 10 heteroatoms. The SMILES string of the molecule is CC(C)c1c(C(=O)N(C)C)nn(-c2ccc(F)cc2)c1CC[C@@H](O)C[C@@H](O)CC(=O)[O-].[Na+]. The molecule has 1 heterocycles. The van der Waals surface area contributed by atoms with Gasteiger partial charge in [0, 0.05) is 37.7 Å². The fourth-order valence-corrected chi connectivity index (χ4v) is 3.49. The van der Waals surface area contributed by atoms with Crippen molar-refractivity contribution in [3.05, 3.63) is 47.0 Å². The van der Waals surface area contributed by atoms with Gasteiger partial charge in [-0.1, -0.05) is 13.8 Å². The summed E-state index contributed by atoms with van der Waals surface area (Å²) < 4.78 is 15.0. The third kappa shape index (κ3) is 7.38. The van der Waals surface area contributed by atoms with Gasteiger partial charge in [0.2, 0.25) is 0 Å². The molecule has 1 aromatic heterocycles. The zero-order chi connectivity index (χ0) is 23.3. The van der Waals surface area contributed by atoms with Gasteiger partial charge < -0.3 is 25.0 Å². The van der Waals surface area contributed by atoms with Crippen molar-refractivity contribution in [1.29, 1.82) is 0 Å². The summed E-state index contributed by atoms with van der Waals surface area (Å²) in [5.41, 5.74) is 2.28. The molecule has 2 atom stereocenters. The van der Waals surface area contributed by atoms with E-state index in [1.165, 1.54) is 17.0 Å². The number of halogens is 1. The van der Waals surface area contributed by atoms with Crippen LogP contribution >= 0.6 is 0 Å². The van der Waals surface area contributed by atoms with E-state index < -0.39 is 30.4 Å². The molecular formula is C22H29FN3NaO5. The number of carbonyl (C=O) groups excluding carboxylic acids is 2. The fourth-order valence-electron chi connectivity index (χ4n) is 3.49. The molecule has 2 rings (SSSR count). The minimum Gasteiger partial charge on any atom is -0.550 e. The molecule has 0 spiro atoms. The first kappa shape index (κ1) is 28.3. The Morgan fingerprint density at radius 3 is 2.25 bits per heavy atom. The Labute approximate surface area is 209 Å². The quantitative estimate of drug-likeness (QED) is 0.400. The van der Waals surface area contributed by atoms with Gasteiger partial charge in [-0.05, 0) is 49.4 Å². The average molecular weight is 457 g/mol. The van der Waals surface area contributed by atoms with Crippen LogP contribution in [0, 0.1) is 5.82 Å². The summed E-state index contributed by atoms with van der Waals surface area (Å²) in [6, 6.07) is 5.71. The smallest absolute Gasteiger partial charge is 0.550 e. The first-order valence-corrected chi connectivity index (χ1v) is 10.2. The minimum absolute atomic E-state index is 0. The second-order valence-electron chi connectivity index (χ2n) is 8.11. The van der Waals surface area contributed by atoms with E-state index in [0.29, 0.717) is 17.8 Å². The number of aromatic nitrogens is 2. The van der Waals surface area contributed by atoms with Crippen molar-refractivity contribution in [2.45, 2.75) is 57.7 Å². The first-order valence-electron chi connectivity index (χ1n) is 10.2. The Balaban J connectivity index is 0.00000512. The van der Waals surface area contributed by atoms with Crippen molar-refractivity contribution in [1.82, 2.24) is 14.7 Å². The van der Waals surface area contributed by atoms with Crippen LogP contribution < -0.4 is 34.7 Å². The van der Waals surface area contributed by atoms with Crippen LogP contribution in [0.5, 0.6) is 0 Å². The summed E-state index contributed by atoms with van der Waals surface area (Å²) in [4.78, 5) is 24.8. The molecule has 8 nitrogen and oxygen atoms in total. The number of carboxylic acid groups (broad SMARTS) is 1. The van der Waals surface area contributed by atoms with E-state index in [9.17, 15) is 29.3 Å². The Morgan fingerprint density at radius 1 is 1.16 bits per heavy atom. The maximum atomic E-state index is 13.4. The molecule has 0 saturated heterocycles. The molecule has 0 aliphatic carbocycles. The topological polar surface area (TPSA) is 119 Å². The van der Waals surface area contributed by atoms with E-state index in [4.69, 9.17) is 0 Å². The normalized spacial score (nSPS) is 12.9. The van der Waals surface area contributed by atoms with E-state index in [2.05, 4.69) is 5.10 Å². The minimum atomic E-state index is -1.39. The molecule has 32 heavy (non-hydrogen) atoms. The summed E-state index contributed by atoms with van der Waals surface area (Å²) in [5.74, 6) is -2.11. The second kappa shape index (κ2) is 12.5. The third-order valence-corrected chi connectivity index (χ3v) is 4.94. The Hall–Kier alpha value is -1.78. The third-order valence-electron chi connectivity index (χ3n) is 4.94. The molecule has 0 saturated carbocycles. The number of aliphatic carboxylic acids is 1. The second-order valence-corrected chi connectivity index (χ2v) is 8.11. The van der Waals surface area contributed by atoms with Crippen molar-refractivity contribution in [2.75, 3.05) is 14.1 Å². The number of carboxylic acids is 1. The number of benzene rings is 1. The van der Waals surface area contributed by atoms with Crippen molar-refractivity contribution >= 4 is 11.9 Å². The Bertz CT molecular complexity index is 915. The maximum Gasteiger partial charge on any atom is 1.00 e. The molecule has 170 valence electrons. The average Bonchev–Trinajstić information content (AvgIpc) is 3.05. The van der Waals surface area contributed by atoms with Crippen molar-refractivity contribution in [3.8, 4) is 5.69 Å². The molecule has 1 amide bonds. The van der Waals surface area contributed by atoms with Crippen LogP contribution in [0.2, 0.25) is 0 Å². The number of nitrogens with zero attached hydrogens (tertiary/aromatic N) is 3. The number of aliphatic hydroxyl groups excluding tert-OH is 2. The van der Waals surface area contributed by atoms with Crippen LogP contribution in [0.1, 0.15) is 60.8 Å². The summed E-state index contributed by atoms with van der Waals surface area (Å²) in [6.45, 7) is 3.87. The molecule has 0 bridgehead atoms. The first-order chi connectivity index (χ1) is 14.5. The maximum absolute atomic E-state index is 13.4. The van der Waals surface area contributed by atoms with Crippen LogP contribution in [0.4, 0.5) is 4.39 Å². The number of carbonyl (C=O) groups is 2. The summed E-state index contributed by atoms with van der Waals surface area (Å²) >= 11 is 0. The van der Waals surface area contributed by atoms with Crippen molar-refractivity contribution in [2.24, 2.45) is 0 Å². The van der Waals surface area contributed by atoms with Crippen LogP contribution in [-0.4, -0.2) is 63.1 Å². The van der Waals surface area contributed by atoms with Gasteiger partial charge in [0.15, 0.2) is 5.69 Å². The number of hydrogen-bond acceptors (Lipinski definition) is 6. The van der Waals surface area contributed by atoms with E-state index in [1.807, 2.05) is 13.8 Å². The predicted octanol–water partition coefficient (Wildman–Crippen LogP) is -1.97. The largest absolute Gasteiger partial charge is 1.00 e. The molecule has 0 fully saturated rings. The molecule has 2 aromatic rings. The molecule has 0 aliphatic rings. The molecule has 0 unspecified atom stereocenters. The number of aliphatic hydroxyl groups is 2. The Kier molecular flexibility index (Phi) is 11.0. The van der Waals surface area contributed by atoms with Crippen LogP contribution in [0.3, 0.4) is 0 Å². The van der Waals surface area contributed by atoms with Gasteiger partial charge in [-0.3, -0.25) is 4.79 Å². The van der Waals surface area contributed by atoms with Crippen LogP contribution in [-0.2, 0) is 11.2 Å². The predicted molar refractivity (Wildman–Crippen MR) is 110 cm³/mol. The van der Waals surface area contributed by atoms with E-state index in [-0.39, 0.29) is 59.9 Å². The zero-order valence-electron chi connectivity index (χ0n) is 19.2. The van der Waals surface area contributed by atoms with E-state index in [0.717, 1.165) is 5.56 Å². The van der Waals surface area contributed by atoms with Gasteiger partial charge in [0.1, 0.15) is 5.82 Å². The van der Waals surface area contributed by atoms with Crippen LogP contribution in [0.25, 0.3) is 5.69 Å². The Morgan fingerprint density at radius 2 is 1.75 bits per heavy atom. The summed E-state index contributed by atoms with van der Waals surface area (Å²) in [6.07, 6.45) is -2.30. The van der Waals surface area contributed by atoms with Gasteiger partial charge in [-0.25, -0.2) is 9.07 Å². The van der Waals surface area contributed by atoms with E-state index in [1.54, 1.807) is 30.9 Å². The molecule has 1 aromatic carbocycles. The number of amides is 1. The summed E-state index contributed by atoms with van der Waals surface area (Å²) in [5, 5.41) is 35.2. The monoisotopic (exact) mass is 457 g/mol. The van der Waals surface area contributed by atoms with Gasteiger partial charge in [-0.2, -0.15) is 5.10 Å². The molecular weight excluding hydrogens is 428 g/mol. The molecule has 0 radical (unpaired) electrons. The fraction of sp³-hybridized carbons (Fsp3) is 0.500. The zero-order valence-corrected chi connectivity index (χ0v) is 21.2. The van der Waals surface area contributed by atoms with Gasteiger partial charge in [0.25, 0.3) is 5.91 Å². The molecule has 2 N–H and O–H groups in total. The standard InChI is InChI=1S/C22H30FN3O5.Na/c1-13(2)20-18(10-9-16(27)11-17(28)12-19(29)30)26(15-7-5-14(23)6-8-15)24-21(20)22(31)25(3)4;/h5-8,13,16-17,27-28H,9-12H2,1-4H3,(H,29,30);/q;+1/p-1/t16-,17-;/m1./s1. The van der Waals surface area contributed by atoms with Gasteiger partial charge in [-0.15, -0.1) is 0 Å². The van der Waals surface area contributed by atoms with Crippen LogP contribution in [0.15, 0.2) is 24.3 Å². The molecule has 0 aliphatic heterocycles. The van der Waals surface area contributed by atoms with Crippen molar-refractivity contribution < 1.29 is 58.9 Å². The van der Waals surface area contributed by atoms with Gasteiger partial charge in [0.05, 0.1) is 17.9 Å². The van der Waals surface area contributed by atoms with Gasteiger partial charge >= 0.3 is 29.6 Å². The van der Waals surface area contributed by atoms with Crippen molar-refractivity contribution in [3.63, 3.8) is 0 Å². The van der Waals surface area contributed by atoms with E-state index >= 15 is 0 Å². The summed E-state index contributed by atoms with van der Waals surface area (Å²) in [7, 11) is 3.26.